The fourth-order valence-corrected chi connectivity index (χ4v) is 5.05. The number of amides is 1. The standard InChI is InChI=1S/C19H29BrN4O4/c1-12-13(8-18(2,3)23-17(26)27)19(11-28-12)4-6-24(7-5-19)16-14(10-25)22-15(20)9-21-16/h9,12-13,23,25H,4-8,10-11H2,1-3H3,(H,26,27)/t12-,13+/m0/s1. The van der Waals surface area contributed by atoms with E-state index in [4.69, 9.17) is 9.84 Å². The van der Waals surface area contributed by atoms with Crippen LogP contribution in [0, 0.1) is 11.3 Å². The summed E-state index contributed by atoms with van der Waals surface area (Å²) in [4.78, 5) is 22.1. The van der Waals surface area contributed by atoms with Crippen molar-refractivity contribution >= 4 is 27.8 Å². The van der Waals surface area contributed by atoms with E-state index in [1.54, 1.807) is 6.20 Å². The number of aromatic nitrogens is 2. The zero-order valence-corrected chi connectivity index (χ0v) is 18.2. The zero-order chi connectivity index (χ0) is 20.5. The lowest BCUT2D eigenvalue weighted by Crippen LogP contribution is -2.50. The Hall–Kier alpha value is -1.45. The van der Waals surface area contributed by atoms with Crippen molar-refractivity contribution in [2.24, 2.45) is 11.3 Å². The number of hydrogen-bond acceptors (Lipinski definition) is 6. The van der Waals surface area contributed by atoms with Gasteiger partial charge in [-0.1, -0.05) is 0 Å². The molecule has 3 heterocycles. The van der Waals surface area contributed by atoms with Gasteiger partial charge in [0.2, 0.25) is 0 Å². The van der Waals surface area contributed by atoms with E-state index in [1.807, 2.05) is 13.8 Å². The van der Waals surface area contributed by atoms with Gasteiger partial charge in [-0.05, 0) is 61.9 Å². The third kappa shape index (κ3) is 4.41. The first-order valence-electron chi connectivity index (χ1n) is 9.66. The molecule has 3 N–H and O–H groups in total. The summed E-state index contributed by atoms with van der Waals surface area (Å²) >= 11 is 3.30. The Morgan fingerprint density at radius 2 is 2.14 bits per heavy atom. The minimum atomic E-state index is -0.995. The van der Waals surface area contributed by atoms with Crippen molar-refractivity contribution in [1.29, 1.82) is 0 Å². The number of nitrogens with one attached hydrogen (secondary N) is 1. The molecule has 156 valence electrons. The molecular formula is C19H29BrN4O4. The summed E-state index contributed by atoms with van der Waals surface area (Å²) in [5.74, 6) is 1.02. The van der Waals surface area contributed by atoms with Crippen molar-refractivity contribution in [1.82, 2.24) is 15.3 Å². The van der Waals surface area contributed by atoms with Crippen molar-refractivity contribution in [3.8, 4) is 0 Å². The summed E-state index contributed by atoms with van der Waals surface area (Å²) in [6, 6.07) is 0. The van der Waals surface area contributed by atoms with Gasteiger partial charge in [0.05, 0.1) is 25.5 Å². The highest BCUT2D eigenvalue weighted by Crippen LogP contribution is 2.50. The van der Waals surface area contributed by atoms with Crippen LogP contribution in [0.3, 0.4) is 0 Å². The lowest BCUT2D eigenvalue weighted by atomic mass is 9.65. The summed E-state index contributed by atoms with van der Waals surface area (Å²) in [7, 11) is 0. The number of carboxylic acid groups (broad SMARTS) is 1. The quantitative estimate of drug-likeness (QED) is 0.624. The predicted molar refractivity (Wildman–Crippen MR) is 108 cm³/mol. The Morgan fingerprint density at radius 3 is 2.75 bits per heavy atom. The average molecular weight is 457 g/mol. The summed E-state index contributed by atoms with van der Waals surface area (Å²) in [6.45, 7) is 8.12. The van der Waals surface area contributed by atoms with Crippen molar-refractivity contribution in [3.05, 3.63) is 16.5 Å². The molecule has 0 radical (unpaired) electrons. The molecule has 0 aromatic carbocycles. The summed E-state index contributed by atoms with van der Waals surface area (Å²) < 4.78 is 6.65. The number of aliphatic hydroxyl groups excluding tert-OH is 1. The molecule has 2 aliphatic rings. The van der Waals surface area contributed by atoms with Crippen molar-refractivity contribution < 1.29 is 19.7 Å². The number of nitrogens with zero attached hydrogens (tertiary/aromatic N) is 3. The molecule has 2 saturated heterocycles. The highest BCUT2D eigenvalue weighted by Gasteiger charge is 2.51. The number of aliphatic hydroxyl groups is 1. The van der Waals surface area contributed by atoms with Gasteiger partial charge in [-0.15, -0.1) is 0 Å². The van der Waals surface area contributed by atoms with Gasteiger partial charge in [0, 0.05) is 24.0 Å². The third-order valence-electron chi connectivity index (χ3n) is 6.16. The van der Waals surface area contributed by atoms with Crippen molar-refractivity contribution in [3.63, 3.8) is 0 Å². The largest absolute Gasteiger partial charge is 0.465 e. The molecular weight excluding hydrogens is 428 g/mol. The van der Waals surface area contributed by atoms with E-state index in [0.29, 0.717) is 16.9 Å². The van der Waals surface area contributed by atoms with E-state index in [0.717, 1.165) is 38.2 Å². The first-order chi connectivity index (χ1) is 13.2. The van der Waals surface area contributed by atoms with Gasteiger partial charge in [-0.25, -0.2) is 14.8 Å². The van der Waals surface area contributed by atoms with Crippen molar-refractivity contribution in [2.75, 3.05) is 24.6 Å². The molecule has 8 nitrogen and oxygen atoms in total. The van der Waals surface area contributed by atoms with E-state index >= 15 is 0 Å². The molecule has 0 aliphatic carbocycles. The Bertz CT molecular complexity index is 722. The molecule has 1 amide bonds. The van der Waals surface area contributed by atoms with Crippen LogP contribution >= 0.6 is 15.9 Å². The van der Waals surface area contributed by atoms with Gasteiger partial charge >= 0.3 is 6.09 Å². The molecule has 1 aromatic rings. The van der Waals surface area contributed by atoms with Crippen LogP contribution in [-0.2, 0) is 11.3 Å². The number of anilines is 1. The number of hydrogen-bond donors (Lipinski definition) is 3. The smallest absolute Gasteiger partial charge is 0.405 e. The Labute approximate surface area is 173 Å². The maximum Gasteiger partial charge on any atom is 0.405 e. The second-order valence-electron chi connectivity index (χ2n) is 8.61. The van der Waals surface area contributed by atoms with E-state index in [1.165, 1.54) is 0 Å². The molecule has 0 bridgehead atoms. The predicted octanol–water partition coefficient (Wildman–Crippen LogP) is 2.79. The van der Waals surface area contributed by atoms with Crippen LogP contribution in [0.1, 0.15) is 45.7 Å². The maximum atomic E-state index is 11.1. The Balaban J connectivity index is 1.73. The molecule has 9 heteroatoms. The molecule has 2 fully saturated rings. The van der Waals surface area contributed by atoms with Crippen LogP contribution in [0.2, 0.25) is 0 Å². The third-order valence-corrected chi connectivity index (χ3v) is 6.55. The highest BCUT2D eigenvalue weighted by atomic mass is 79.9. The minimum absolute atomic E-state index is 0.0372. The van der Waals surface area contributed by atoms with Gasteiger partial charge in [-0.2, -0.15) is 0 Å². The lowest BCUT2D eigenvalue weighted by molar-refractivity contribution is 0.0944. The average Bonchev–Trinajstić information content (AvgIpc) is 2.90. The number of rotatable bonds is 5. The molecule has 3 rings (SSSR count). The summed E-state index contributed by atoms with van der Waals surface area (Å²) in [6.07, 6.45) is 3.37. The second kappa shape index (κ2) is 8.12. The molecule has 28 heavy (non-hydrogen) atoms. The van der Waals surface area contributed by atoms with Crippen LogP contribution in [0.4, 0.5) is 10.6 Å². The first-order valence-corrected chi connectivity index (χ1v) is 10.4. The number of halogens is 1. The normalized spacial score (nSPS) is 24.5. The molecule has 1 spiro atoms. The monoisotopic (exact) mass is 456 g/mol. The van der Waals surface area contributed by atoms with Gasteiger partial charge in [0.15, 0.2) is 5.82 Å². The van der Waals surface area contributed by atoms with Crippen molar-refractivity contribution in [2.45, 2.75) is 58.3 Å². The van der Waals surface area contributed by atoms with Gasteiger partial charge in [-0.3, -0.25) is 0 Å². The number of ether oxygens (including phenoxy) is 1. The number of carbonyl (C=O) groups is 1. The van der Waals surface area contributed by atoms with Crippen LogP contribution in [-0.4, -0.2) is 57.6 Å². The Morgan fingerprint density at radius 1 is 1.46 bits per heavy atom. The van der Waals surface area contributed by atoms with Crippen LogP contribution < -0.4 is 10.2 Å². The van der Waals surface area contributed by atoms with Gasteiger partial charge in [0.25, 0.3) is 0 Å². The van der Waals surface area contributed by atoms with E-state index < -0.39 is 11.6 Å². The first kappa shape index (κ1) is 21.3. The van der Waals surface area contributed by atoms with Crippen LogP contribution in [0.15, 0.2) is 10.8 Å². The van der Waals surface area contributed by atoms with Crippen LogP contribution in [0.25, 0.3) is 0 Å². The highest BCUT2D eigenvalue weighted by molar-refractivity contribution is 9.10. The van der Waals surface area contributed by atoms with E-state index in [2.05, 4.69) is 43.0 Å². The lowest BCUT2D eigenvalue weighted by Gasteiger charge is -2.45. The second-order valence-corrected chi connectivity index (χ2v) is 9.42. The number of piperidine rings is 1. The van der Waals surface area contributed by atoms with Gasteiger partial charge in [0.1, 0.15) is 10.3 Å². The SMILES string of the molecule is C[C@@H]1OCC2(CCN(c3ncc(Br)nc3CO)CC2)[C@@H]1CC(C)(C)NC(=O)O. The molecule has 0 saturated carbocycles. The minimum Gasteiger partial charge on any atom is -0.465 e. The van der Waals surface area contributed by atoms with E-state index in [9.17, 15) is 9.90 Å². The molecule has 1 aromatic heterocycles. The summed E-state index contributed by atoms with van der Waals surface area (Å²) in [5, 5.41) is 21.4. The van der Waals surface area contributed by atoms with Gasteiger partial charge < -0.3 is 25.2 Å². The zero-order valence-electron chi connectivity index (χ0n) is 16.6. The molecule has 2 aliphatic heterocycles. The Kier molecular flexibility index (Phi) is 6.17. The van der Waals surface area contributed by atoms with Crippen LogP contribution in [0.5, 0.6) is 0 Å². The maximum absolute atomic E-state index is 11.1. The molecule has 2 atom stereocenters. The van der Waals surface area contributed by atoms with E-state index in [-0.39, 0.29) is 24.0 Å². The topological polar surface area (TPSA) is 108 Å². The fraction of sp³-hybridized carbons (Fsp3) is 0.737. The molecule has 0 unspecified atom stereocenters. The fourth-order valence-electron chi connectivity index (χ4n) is 4.74. The summed E-state index contributed by atoms with van der Waals surface area (Å²) in [5.41, 5.74) is 0.101.